The van der Waals surface area contributed by atoms with Crippen molar-refractivity contribution in [2.75, 3.05) is 64.4 Å². The van der Waals surface area contributed by atoms with E-state index in [1.54, 1.807) is 19.5 Å². The average molecular weight is 324 g/mol. The van der Waals surface area contributed by atoms with Gasteiger partial charge in [0.1, 0.15) is 0 Å². The average Bonchev–Trinajstić information content (AvgIpc) is 2.57. The molecule has 0 unspecified atom stereocenters. The van der Waals surface area contributed by atoms with Gasteiger partial charge in [-0.15, -0.1) is 0 Å². The molecular formula is C14H24N6OS. The van der Waals surface area contributed by atoms with Gasteiger partial charge in [0, 0.05) is 65.3 Å². The van der Waals surface area contributed by atoms with Crippen molar-refractivity contribution in [3.63, 3.8) is 0 Å². The summed E-state index contributed by atoms with van der Waals surface area (Å²) in [7, 11) is 1.68. The van der Waals surface area contributed by atoms with Gasteiger partial charge < -0.3 is 20.3 Å². The van der Waals surface area contributed by atoms with Crippen LogP contribution >= 0.6 is 12.2 Å². The number of nitrogens with zero attached hydrogens (tertiary/aromatic N) is 4. The van der Waals surface area contributed by atoms with Crippen LogP contribution in [0.15, 0.2) is 18.5 Å². The molecule has 0 aromatic carbocycles. The van der Waals surface area contributed by atoms with E-state index in [0.29, 0.717) is 11.7 Å². The summed E-state index contributed by atoms with van der Waals surface area (Å²) in [6.45, 7) is 7.17. The standard InChI is InChI=1S/C14H24N6OS/c1-21-12-6-18-14(22)17-5-7-19-8-10-20(11-9-19)13-15-3-2-4-16-13/h2-4H,5-12H2,1H3,(H2,17,18,22). The Labute approximate surface area is 137 Å². The second kappa shape index (κ2) is 9.50. The SMILES string of the molecule is COCCNC(=S)NCCN1CCN(c2ncccn2)CC1. The maximum Gasteiger partial charge on any atom is 0.225 e. The van der Waals surface area contributed by atoms with E-state index in [0.717, 1.165) is 51.8 Å². The smallest absolute Gasteiger partial charge is 0.225 e. The molecule has 1 saturated heterocycles. The number of ether oxygens (including phenoxy) is 1. The van der Waals surface area contributed by atoms with Crippen molar-refractivity contribution in [1.29, 1.82) is 0 Å². The quantitative estimate of drug-likeness (QED) is 0.524. The second-order valence-electron chi connectivity index (χ2n) is 5.05. The van der Waals surface area contributed by atoms with Crippen LogP contribution in [0.5, 0.6) is 0 Å². The summed E-state index contributed by atoms with van der Waals surface area (Å²) in [6, 6.07) is 1.84. The van der Waals surface area contributed by atoms with Crippen LogP contribution in [0.25, 0.3) is 0 Å². The minimum atomic E-state index is 0.658. The Balaban J connectivity index is 1.59. The number of piperazine rings is 1. The number of rotatable bonds is 7. The summed E-state index contributed by atoms with van der Waals surface area (Å²) in [5, 5.41) is 7.01. The van der Waals surface area contributed by atoms with Gasteiger partial charge >= 0.3 is 0 Å². The minimum absolute atomic E-state index is 0.658. The van der Waals surface area contributed by atoms with Gasteiger partial charge in [0.05, 0.1) is 6.61 Å². The molecule has 1 aliphatic heterocycles. The van der Waals surface area contributed by atoms with Gasteiger partial charge in [0.2, 0.25) is 5.95 Å². The van der Waals surface area contributed by atoms with Crippen molar-refractivity contribution in [3.8, 4) is 0 Å². The van der Waals surface area contributed by atoms with Crippen LogP contribution in [0.4, 0.5) is 5.95 Å². The molecule has 122 valence electrons. The van der Waals surface area contributed by atoms with Crippen molar-refractivity contribution in [2.45, 2.75) is 0 Å². The maximum absolute atomic E-state index is 5.20. The van der Waals surface area contributed by atoms with E-state index in [4.69, 9.17) is 17.0 Å². The zero-order valence-corrected chi connectivity index (χ0v) is 13.8. The van der Waals surface area contributed by atoms with E-state index in [1.165, 1.54) is 0 Å². The molecule has 0 amide bonds. The van der Waals surface area contributed by atoms with Crippen LogP contribution in [0.1, 0.15) is 0 Å². The fraction of sp³-hybridized carbons (Fsp3) is 0.643. The lowest BCUT2D eigenvalue weighted by Crippen LogP contribution is -2.49. The largest absolute Gasteiger partial charge is 0.383 e. The van der Waals surface area contributed by atoms with Gasteiger partial charge in [-0.25, -0.2) is 9.97 Å². The Bertz CT molecular complexity index is 438. The van der Waals surface area contributed by atoms with Crippen molar-refractivity contribution < 1.29 is 4.74 Å². The summed E-state index contributed by atoms with van der Waals surface area (Å²) >= 11 is 5.20. The van der Waals surface area contributed by atoms with Crippen LogP contribution in [-0.2, 0) is 4.74 Å². The first-order valence-electron chi connectivity index (χ1n) is 7.54. The van der Waals surface area contributed by atoms with E-state index in [2.05, 4.69) is 30.4 Å². The predicted molar refractivity (Wildman–Crippen MR) is 91.2 cm³/mol. The second-order valence-corrected chi connectivity index (χ2v) is 5.46. The Kier molecular flexibility index (Phi) is 7.27. The third kappa shape index (κ3) is 5.70. The highest BCUT2D eigenvalue weighted by Gasteiger charge is 2.18. The van der Waals surface area contributed by atoms with Gasteiger partial charge in [-0.05, 0) is 18.3 Å². The number of nitrogens with one attached hydrogen (secondary N) is 2. The highest BCUT2D eigenvalue weighted by molar-refractivity contribution is 7.80. The fourth-order valence-corrected chi connectivity index (χ4v) is 2.49. The van der Waals surface area contributed by atoms with Crippen LogP contribution in [0.3, 0.4) is 0 Å². The van der Waals surface area contributed by atoms with Gasteiger partial charge in [-0.3, -0.25) is 4.90 Å². The molecule has 2 heterocycles. The highest BCUT2D eigenvalue weighted by atomic mass is 32.1. The molecule has 7 nitrogen and oxygen atoms in total. The third-order valence-corrected chi connectivity index (χ3v) is 3.80. The van der Waals surface area contributed by atoms with Crippen LogP contribution in [0.2, 0.25) is 0 Å². The molecule has 0 atom stereocenters. The molecular weight excluding hydrogens is 300 g/mol. The summed E-state index contributed by atoms with van der Waals surface area (Å²) in [5.74, 6) is 0.823. The first-order valence-corrected chi connectivity index (χ1v) is 7.95. The molecule has 1 aromatic heterocycles. The minimum Gasteiger partial charge on any atom is -0.383 e. The van der Waals surface area contributed by atoms with Gasteiger partial charge in [0.25, 0.3) is 0 Å². The van der Waals surface area contributed by atoms with Crippen LogP contribution in [0, 0.1) is 0 Å². The van der Waals surface area contributed by atoms with Crippen molar-refractivity contribution >= 4 is 23.3 Å². The molecule has 8 heteroatoms. The maximum atomic E-state index is 5.20. The molecule has 1 fully saturated rings. The summed E-state index contributed by atoms with van der Waals surface area (Å²) in [5.41, 5.74) is 0. The molecule has 0 spiro atoms. The first kappa shape index (κ1) is 16.9. The Hall–Kier alpha value is -1.51. The molecule has 0 bridgehead atoms. The van der Waals surface area contributed by atoms with Crippen LogP contribution < -0.4 is 15.5 Å². The Morgan fingerprint density at radius 3 is 2.55 bits per heavy atom. The predicted octanol–water partition coefficient (Wildman–Crippen LogP) is -0.291. The number of anilines is 1. The van der Waals surface area contributed by atoms with Gasteiger partial charge in [0.15, 0.2) is 5.11 Å². The fourth-order valence-electron chi connectivity index (χ4n) is 2.28. The Morgan fingerprint density at radius 1 is 1.18 bits per heavy atom. The molecule has 1 aliphatic rings. The molecule has 0 aliphatic carbocycles. The molecule has 2 N–H and O–H groups in total. The van der Waals surface area contributed by atoms with E-state index < -0.39 is 0 Å². The molecule has 22 heavy (non-hydrogen) atoms. The normalized spacial score (nSPS) is 15.6. The van der Waals surface area contributed by atoms with Crippen molar-refractivity contribution in [1.82, 2.24) is 25.5 Å². The zero-order valence-electron chi connectivity index (χ0n) is 13.0. The number of thiocarbonyl (C=S) groups is 1. The van der Waals surface area contributed by atoms with E-state index >= 15 is 0 Å². The number of hydrogen-bond acceptors (Lipinski definition) is 6. The summed E-state index contributed by atoms with van der Waals surface area (Å²) < 4.78 is 4.97. The molecule has 1 aromatic rings. The van der Waals surface area contributed by atoms with Gasteiger partial charge in [-0.2, -0.15) is 0 Å². The number of aromatic nitrogens is 2. The molecule has 0 radical (unpaired) electrons. The first-order chi connectivity index (χ1) is 10.8. The lowest BCUT2D eigenvalue weighted by molar-refractivity contribution is 0.204. The summed E-state index contributed by atoms with van der Waals surface area (Å²) in [4.78, 5) is 13.2. The van der Waals surface area contributed by atoms with E-state index in [-0.39, 0.29) is 0 Å². The van der Waals surface area contributed by atoms with E-state index in [9.17, 15) is 0 Å². The number of hydrogen-bond donors (Lipinski definition) is 2. The summed E-state index contributed by atoms with van der Waals surface area (Å²) in [6.07, 6.45) is 3.58. The topological polar surface area (TPSA) is 65.6 Å². The highest BCUT2D eigenvalue weighted by Crippen LogP contribution is 2.08. The zero-order chi connectivity index (χ0) is 15.6. The Morgan fingerprint density at radius 2 is 1.86 bits per heavy atom. The molecule has 2 rings (SSSR count). The lowest BCUT2D eigenvalue weighted by atomic mass is 10.3. The third-order valence-electron chi connectivity index (χ3n) is 3.51. The number of methoxy groups -OCH3 is 1. The monoisotopic (exact) mass is 324 g/mol. The lowest BCUT2D eigenvalue weighted by Gasteiger charge is -2.34. The van der Waals surface area contributed by atoms with Gasteiger partial charge in [-0.1, -0.05) is 0 Å². The molecule has 0 saturated carbocycles. The van der Waals surface area contributed by atoms with E-state index in [1.807, 2.05) is 6.07 Å². The van der Waals surface area contributed by atoms with Crippen molar-refractivity contribution in [2.24, 2.45) is 0 Å². The van der Waals surface area contributed by atoms with Crippen LogP contribution in [-0.4, -0.2) is 79.5 Å². The van der Waals surface area contributed by atoms with Crippen molar-refractivity contribution in [3.05, 3.63) is 18.5 Å².